The van der Waals surface area contributed by atoms with Gasteiger partial charge in [0.2, 0.25) is 10.0 Å². The lowest BCUT2D eigenvalue weighted by atomic mass is 10.2. The van der Waals surface area contributed by atoms with E-state index in [1.165, 1.54) is 11.4 Å². The van der Waals surface area contributed by atoms with E-state index in [0.717, 1.165) is 13.1 Å². The molecule has 1 N–H and O–H groups in total. The van der Waals surface area contributed by atoms with Crippen LogP contribution >= 0.6 is 12.4 Å². The van der Waals surface area contributed by atoms with E-state index in [2.05, 4.69) is 5.32 Å². The van der Waals surface area contributed by atoms with Crippen LogP contribution in [-0.2, 0) is 14.8 Å². The third-order valence-electron chi connectivity index (χ3n) is 2.59. The van der Waals surface area contributed by atoms with E-state index in [-0.39, 0.29) is 25.1 Å². The fourth-order valence-electron chi connectivity index (χ4n) is 1.34. The van der Waals surface area contributed by atoms with Gasteiger partial charge in [0.15, 0.2) is 0 Å². The number of nitrogens with zero attached hydrogens (tertiary/aromatic N) is 1. The van der Waals surface area contributed by atoms with Gasteiger partial charge in [-0.05, 0) is 6.92 Å². The van der Waals surface area contributed by atoms with Gasteiger partial charge in [-0.15, -0.1) is 12.4 Å². The van der Waals surface area contributed by atoms with Crippen molar-refractivity contribution >= 4 is 22.4 Å². The molecule has 0 spiro atoms. The summed E-state index contributed by atoms with van der Waals surface area (Å²) in [6.45, 7) is 3.40. The minimum atomic E-state index is -3.19. The van der Waals surface area contributed by atoms with Crippen LogP contribution in [0, 0.1) is 0 Å². The first-order chi connectivity index (χ1) is 6.50. The largest absolute Gasteiger partial charge is 0.383 e. The monoisotopic (exact) mass is 258 g/mol. The zero-order valence-corrected chi connectivity index (χ0v) is 10.9. The molecule has 0 aromatic carbocycles. The van der Waals surface area contributed by atoms with Crippen molar-refractivity contribution in [2.75, 3.05) is 33.9 Å². The summed E-state index contributed by atoms with van der Waals surface area (Å²) >= 11 is 0. The second-order valence-corrected chi connectivity index (χ2v) is 6.05. The van der Waals surface area contributed by atoms with Crippen molar-refractivity contribution in [3.05, 3.63) is 0 Å². The van der Waals surface area contributed by atoms with Crippen LogP contribution in [0.2, 0.25) is 0 Å². The van der Waals surface area contributed by atoms with Gasteiger partial charge in [0.05, 0.1) is 11.9 Å². The highest BCUT2D eigenvalue weighted by atomic mass is 35.5. The van der Waals surface area contributed by atoms with Gasteiger partial charge in [-0.3, -0.25) is 0 Å². The van der Waals surface area contributed by atoms with Crippen molar-refractivity contribution in [2.24, 2.45) is 0 Å². The van der Waals surface area contributed by atoms with E-state index in [9.17, 15) is 8.42 Å². The normalized spacial score (nSPS) is 19.5. The zero-order valence-electron chi connectivity index (χ0n) is 9.26. The molecule has 0 radical (unpaired) electrons. The third-order valence-corrected chi connectivity index (χ3v) is 4.84. The second-order valence-electron chi connectivity index (χ2n) is 3.64. The van der Waals surface area contributed by atoms with Crippen LogP contribution in [0.1, 0.15) is 6.92 Å². The Morgan fingerprint density at radius 2 is 2.07 bits per heavy atom. The predicted molar refractivity (Wildman–Crippen MR) is 61.9 cm³/mol. The quantitative estimate of drug-likeness (QED) is 0.734. The summed E-state index contributed by atoms with van der Waals surface area (Å²) in [6.07, 6.45) is 0. The van der Waals surface area contributed by atoms with Crippen molar-refractivity contribution in [2.45, 2.75) is 18.2 Å². The molecule has 1 unspecified atom stereocenters. The summed E-state index contributed by atoms with van der Waals surface area (Å²) in [5.74, 6) is 0. The molecule has 15 heavy (non-hydrogen) atoms. The third kappa shape index (κ3) is 3.29. The Kier molecular flexibility index (Phi) is 6.05. The van der Waals surface area contributed by atoms with E-state index in [4.69, 9.17) is 4.74 Å². The van der Waals surface area contributed by atoms with Crippen LogP contribution in [0.5, 0.6) is 0 Å². The van der Waals surface area contributed by atoms with Gasteiger partial charge in [-0.25, -0.2) is 8.42 Å². The van der Waals surface area contributed by atoms with Gasteiger partial charge in [0.1, 0.15) is 0 Å². The molecule has 0 aromatic rings. The van der Waals surface area contributed by atoms with Gasteiger partial charge in [0.25, 0.3) is 0 Å². The summed E-state index contributed by atoms with van der Waals surface area (Å²) in [5.41, 5.74) is 0. The van der Waals surface area contributed by atoms with Crippen molar-refractivity contribution in [3.8, 4) is 0 Å². The number of nitrogens with one attached hydrogen (secondary N) is 1. The number of rotatable bonds is 5. The van der Waals surface area contributed by atoms with Gasteiger partial charge in [-0.1, -0.05) is 0 Å². The van der Waals surface area contributed by atoms with Crippen molar-refractivity contribution in [1.82, 2.24) is 9.62 Å². The van der Waals surface area contributed by atoms with E-state index in [1.807, 2.05) is 0 Å². The summed E-state index contributed by atoms with van der Waals surface area (Å²) in [5, 5.41) is 2.57. The SMILES string of the molecule is COCC(C)S(=O)(=O)N(C)C1CNC1.Cl. The smallest absolute Gasteiger partial charge is 0.219 e. The van der Waals surface area contributed by atoms with Crippen LogP contribution in [0.25, 0.3) is 0 Å². The molecule has 1 aliphatic heterocycles. The highest BCUT2D eigenvalue weighted by molar-refractivity contribution is 7.89. The number of halogens is 1. The maximum absolute atomic E-state index is 11.9. The fourth-order valence-corrected chi connectivity index (χ4v) is 2.78. The van der Waals surface area contributed by atoms with Crippen LogP contribution in [0.3, 0.4) is 0 Å². The number of ether oxygens (including phenoxy) is 1. The summed E-state index contributed by atoms with van der Waals surface area (Å²) in [7, 11) is -0.0501. The topological polar surface area (TPSA) is 58.6 Å². The standard InChI is InChI=1S/C8H18N2O3S.ClH/c1-7(6-13-3)14(11,12)10(2)8-4-9-5-8;/h7-9H,4-6H2,1-3H3;1H. The lowest BCUT2D eigenvalue weighted by Gasteiger charge is -2.36. The van der Waals surface area contributed by atoms with Gasteiger partial charge < -0.3 is 10.1 Å². The molecule has 1 rings (SSSR count). The highest BCUT2D eigenvalue weighted by Crippen LogP contribution is 2.13. The Hall–Kier alpha value is 0.120. The molecule has 0 aromatic heterocycles. The Labute approximate surface area is 97.6 Å². The number of methoxy groups -OCH3 is 1. The predicted octanol–water partition coefficient (Wildman–Crippen LogP) is -0.323. The summed E-state index contributed by atoms with van der Waals surface area (Å²) in [4.78, 5) is 0. The minimum Gasteiger partial charge on any atom is -0.383 e. The first-order valence-electron chi connectivity index (χ1n) is 4.66. The first kappa shape index (κ1) is 15.1. The molecule has 92 valence electrons. The van der Waals surface area contributed by atoms with E-state index in [0.29, 0.717) is 0 Å². The van der Waals surface area contributed by atoms with Crippen LogP contribution in [0.15, 0.2) is 0 Å². The van der Waals surface area contributed by atoms with E-state index >= 15 is 0 Å². The lowest BCUT2D eigenvalue weighted by Crippen LogP contribution is -2.58. The summed E-state index contributed by atoms with van der Waals surface area (Å²) in [6, 6.07) is 0.110. The molecule has 0 aliphatic carbocycles. The average Bonchev–Trinajstić information content (AvgIpc) is 2.01. The Morgan fingerprint density at radius 1 is 1.53 bits per heavy atom. The molecule has 1 heterocycles. The van der Waals surface area contributed by atoms with Crippen molar-refractivity contribution in [1.29, 1.82) is 0 Å². The molecule has 0 amide bonds. The number of hydrogen-bond acceptors (Lipinski definition) is 4. The highest BCUT2D eigenvalue weighted by Gasteiger charge is 2.33. The van der Waals surface area contributed by atoms with Crippen LogP contribution in [-0.4, -0.2) is 57.9 Å². The van der Waals surface area contributed by atoms with Gasteiger partial charge in [-0.2, -0.15) is 4.31 Å². The summed E-state index contributed by atoms with van der Waals surface area (Å²) < 4.78 is 30.0. The molecular weight excluding hydrogens is 240 g/mol. The van der Waals surface area contributed by atoms with E-state index in [1.54, 1.807) is 14.0 Å². The van der Waals surface area contributed by atoms with Crippen molar-refractivity contribution < 1.29 is 13.2 Å². The molecule has 0 bridgehead atoms. The molecule has 0 saturated carbocycles. The Balaban J connectivity index is 0.00000196. The van der Waals surface area contributed by atoms with Crippen LogP contribution < -0.4 is 5.32 Å². The average molecular weight is 259 g/mol. The Bertz CT molecular complexity index is 280. The van der Waals surface area contributed by atoms with Gasteiger partial charge in [0, 0.05) is 33.3 Å². The van der Waals surface area contributed by atoms with E-state index < -0.39 is 15.3 Å². The maximum atomic E-state index is 11.9. The van der Waals surface area contributed by atoms with Crippen LogP contribution in [0.4, 0.5) is 0 Å². The molecule has 1 saturated heterocycles. The molecule has 5 nitrogen and oxygen atoms in total. The van der Waals surface area contributed by atoms with Crippen molar-refractivity contribution in [3.63, 3.8) is 0 Å². The first-order valence-corrected chi connectivity index (χ1v) is 6.17. The lowest BCUT2D eigenvalue weighted by molar-refractivity contribution is 0.195. The fraction of sp³-hybridized carbons (Fsp3) is 1.00. The molecule has 7 heteroatoms. The number of hydrogen-bond donors (Lipinski definition) is 1. The Morgan fingerprint density at radius 3 is 2.40 bits per heavy atom. The minimum absolute atomic E-state index is 0. The number of likely N-dealkylation sites (N-methyl/N-ethyl adjacent to an activating group) is 1. The van der Waals surface area contributed by atoms with Gasteiger partial charge >= 0.3 is 0 Å². The zero-order chi connectivity index (χ0) is 10.8. The maximum Gasteiger partial charge on any atom is 0.219 e. The molecule has 1 atom stereocenters. The number of sulfonamides is 1. The molecule has 1 aliphatic rings. The second kappa shape index (κ2) is 6.00. The molecule has 1 fully saturated rings. The molecular formula is C8H19ClN2O3S.